The van der Waals surface area contributed by atoms with Gasteiger partial charge in [-0.05, 0) is 43.6 Å². The highest BCUT2D eigenvalue weighted by molar-refractivity contribution is 5.75. The third-order valence-electron chi connectivity index (χ3n) is 7.56. The predicted molar refractivity (Wildman–Crippen MR) is 100 cm³/mol. The lowest BCUT2D eigenvalue weighted by Crippen LogP contribution is -2.60. The molecule has 2 heterocycles. The maximum atomic E-state index is 12.3. The summed E-state index contributed by atoms with van der Waals surface area (Å²) < 4.78 is 17.5. The second kappa shape index (κ2) is 7.90. The molecule has 8 heteroatoms. The van der Waals surface area contributed by atoms with Gasteiger partial charge in [-0.15, -0.1) is 0 Å². The summed E-state index contributed by atoms with van der Waals surface area (Å²) in [5.41, 5.74) is 2.51. The van der Waals surface area contributed by atoms with Gasteiger partial charge < -0.3 is 34.6 Å². The molecule has 0 bridgehead atoms. The van der Waals surface area contributed by atoms with Gasteiger partial charge in [0.1, 0.15) is 30.5 Å². The fraction of sp³-hybridized carbons (Fsp3) is 0.857. The number of hydrogen-bond acceptors (Lipinski definition) is 8. The largest absolute Gasteiger partial charge is 0.457 e. The first-order valence-electron chi connectivity index (χ1n) is 10.6. The van der Waals surface area contributed by atoms with Crippen molar-refractivity contribution in [2.75, 3.05) is 6.61 Å². The molecule has 0 aromatic heterocycles. The number of rotatable bonds is 3. The van der Waals surface area contributed by atoms with Crippen LogP contribution >= 0.6 is 0 Å². The Bertz CT molecular complexity index is 676. The van der Waals surface area contributed by atoms with Crippen molar-refractivity contribution in [2.45, 2.75) is 82.9 Å². The smallest absolute Gasteiger partial charge is 0.309 e. The summed E-state index contributed by atoms with van der Waals surface area (Å²) in [6.07, 6.45) is -4.55. The van der Waals surface area contributed by atoms with Crippen molar-refractivity contribution in [1.82, 2.24) is 0 Å². The Kier molecular flexibility index (Phi) is 5.78. The number of ether oxygens (including phenoxy) is 3. The van der Waals surface area contributed by atoms with Crippen molar-refractivity contribution in [3.8, 4) is 0 Å². The summed E-state index contributed by atoms with van der Waals surface area (Å²) in [6.45, 7) is 5.59. The van der Waals surface area contributed by atoms with E-state index in [1.54, 1.807) is 0 Å². The Hall–Kier alpha value is -1.03. The Morgan fingerprint density at radius 2 is 1.86 bits per heavy atom. The SMILES string of the molecule is CC1=C2C3OC(=O)[C@H](C)[C@H]3C[C@@H](O[C@H]3O[C@@H](CO)[C@H](O)[C@@H](O)[C@@H]3O)[C@@H](C)[C@H]2CC1. The minimum Gasteiger partial charge on any atom is -0.457 e. The second-order valence-electron chi connectivity index (χ2n) is 9.16. The predicted octanol–water partition coefficient (Wildman–Crippen LogP) is 0.115. The Morgan fingerprint density at radius 1 is 1.14 bits per heavy atom. The number of aliphatic hydroxyl groups is 4. The van der Waals surface area contributed by atoms with E-state index in [-0.39, 0.29) is 41.8 Å². The van der Waals surface area contributed by atoms with Gasteiger partial charge in [-0.2, -0.15) is 0 Å². The molecule has 2 aliphatic carbocycles. The second-order valence-corrected chi connectivity index (χ2v) is 9.16. The molecule has 2 aliphatic heterocycles. The van der Waals surface area contributed by atoms with E-state index in [2.05, 4.69) is 13.8 Å². The van der Waals surface area contributed by atoms with Crippen LogP contribution in [0.5, 0.6) is 0 Å². The van der Waals surface area contributed by atoms with Gasteiger partial charge in [0.25, 0.3) is 0 Å². The van der Waals surface area contributed by atoms with Crippen LogP contribution in [0.3, 0.4) is 0 Å². The van der Waals surface area contributed by atoms with Crippen molar-refractivity contribution in [3.63, 3.8) is 0 Å². The Labute approximate surface area is 170 Å². The van der Waals surface area contributed by atoms with Crippen molar-refractivity contribution in [3.05, 3.63) is 11.1 Å². The Balaban J connectivity index is 1.60. The third kappa shape index (κ3) is 3.43. The summed E-state index contributed by atoms with van der Waals surface area (Å²) in [6, 6.07) is 0. The van der Waals surface area contributed by atoms with Crippen LogP contribution in [0, 0.1) is 23.7 Å². The van der Waals surface area contributed by atoms with Gasteiger partial charge in [0.05, 0.1) is 18.6 Å². The molecule has 0 radical (unpaired) electrons. The highest BCUT2D eigenvalue weighted by Crippen LogP contribution is 2.51. The number of allylic oxidation sites excluding steroid dienone is 1. The quantitative estimate of drug-likeness (QED) is 0.380. The molecule has 0 aromatic carbocycles. The zero-order valence-electron chi connectivity index (χ0n) is 17.1. The van der Waals surface area contributed by atoms with Gasteiger partial charge in [-0.25, -0.2) is 0 Å². The van der Waals surface area contributed by atoms with E-state index in [1.807, 2.05) is 6.92 Å². The number of carbonyl (C=O) groups is 1. The molecule has 29 heavy (non-hydrogen) atoms. The molecule has 4 rings (SSSR count). The molecule has 164 valence electrons. The van der Waals surface area contributed by atoms with E-state index in [0.717, 1.165) is 12.8 Å². The molecule has 11 atom stereocenters. The van der Waals surface area contributed by atoms with Gasteiger partial charge in [-0.1, -0.05) is 19.4 Å². The number of carbonyl (C=O) groups excluding carboxylic acids is 1. The van der Waals surface area contributed by atoms with Crippen LogP contribution in [0.1, 0.15) is 40.0 Å². The minimum absolute atomic E-state index is 0.0205. The van der Waals surface area contributed by atoms with Crippen LogP contribution in [0.2, 0.25) is 0 Å². The van der Waals surface area contributed by atoms with E-state index < -0.39 is 37.3 Å². The topological polar surface area (TPSA) is 126 Å². The first-order chi connectivity index (χ1) is 13.7. The lowest BCUT2D eigenvalue weighted by Gasteiger charge is -2.42. The first-order valence-corrected chi connectivity index (χ1v) is 10.6. The zero-order chi connectivity index (χ0) is 21.0. The maximum absolute atomic E-state index is 12.3. The molecule has 4 aliphatic rings. The number of hydrogen-bond donors (Lipinski definition) is 4. The monoisotopic (exact) mass is 412 g/mol. The average Bonchev–Trinajstić information content (AvgIpc) is 3.17. The number of fused-ring (bicyclic) bond motifs is 3. The van der Waals surface area contributed by atoms with Crippen LogP contribution in [-0.2, 0) is 19.0 Å². The van der Waals surface area contributed by atoms with Gasteiger partial charge in [0.2, 0.25) is 0 Å². The molecule has 8 nitrogen and oxygen atoms in total. The molecule has 0 aromatic rings. The Morgan fingerprint density at radius 3 is 2.55 bits per heavy atom. The lowest BCUT2D eigenvalue weighted by atomic mass is 9.84. The summed E-state index contributed by atoms with van der Waals surface area (Å²) in [5, 5.41) is 39.9. The van der Waals surface area contributed by atoms with E-state index >= 15 is 0 Å². The summed E-state index contributed by atoms with van der Waals surface area (Å²) >= 11 is 0. The number of esters is 1. The normalized spacial score (nSPS) is 50.2. The highest BCUT2D eigenvalue weighted by Gasteiger charge is 2.53. The van der Waals surface area contributed by atoms with Crippen LogP contribution in [0.15, 0.2) is 11.1 Å². The van der Waals surface area contributed by atoms with Gasteiger partial charge in [0, 0.05) is 5.92 Å². The zero-order valence-corrected chi connectivity index (χ0v) is 17.1. The molecule has 1 unspecified atom stereocenters. The van der Waals surface area contributed by atoms with Crippen LogP contribution in [-0.4, -0.2) is 75.9 Å². The number of aliphatic hydroxyl groups excluding tert-OH is 4. The fourth-order valence-corrected chi connectivity index (χ4v) is 5.64. The van der Waals surface area contributed by atoms with Gasteiger partial charge >= 0.3 is 5.97 Å². The van der Waals surface area contributed by atoms with Crippen molar-refractivity contribution in [2.24, 2.45) is 23.7 Å². The first kappa shape index (κ1) is 21.2. The van der Waals surface area contributed by atoms with Crippen molar-refractivity contribution in [1.29, 1.82) is 0 Å². The highest BCUT2D eigenvalue weighted by atomic mass is 16.7. The van der Waals surface area contributed by atoms with Crippen LogP contribution in [0.25, 0.3) is 0 Å². The minimum atomic E-state index is -1.47. The summed E-state index contributed by atoms with van der Waals surface area (Å²) in [7, 11) is 0. The molecular formula is C21H32O8. The standard InChI is InChI=1S/C21H32O8/c1-8-4-5-11-9(2)13(6-12-10(3)20(26)29-19(12)15(8)11)27-21-18(25)17(24)16(23)14(7-22)28-21/h9-14,16-19,21-25H,4-7H2,1-3H3/t9-,10+,11+,12+,13+,14-,16-,17+,18-,19?,21-/m0/s1. The molecule has 4 N–H and O–H groups in total. The van der Waals surface area contributed by atoms with Crippen LogP contribution < -0.4 is 0 Å². The molecule has 0 spiro atoms. The van der Waals surface area contributed by atoms with E-state index in [4.69, 9.17) is 14.2 Å². The molecule has 2 saturated heterocycles. The van der Waals surface area contributed by atoms with E-state index in [1.165, 1.54) is 11.1 Å². The van der Waals surface area contributed by atoms with Gasteiger partial charge in [0.15, 0.2) is 6.29 Å². The lowest BCUT2D eigenvalue weighted by molar-refractivity contribution is -0.316. The molecule has 1 saturated carbocycles. The van der Waals surface area contributed by atoms with E-state index in [9.17, 15) is 25.2 Å². The van der Waals surface area contributed by atoms with Crippen molar-refractivity contribution < 1.29 is 39.4 Å². The molecule has 0 amide bonds. The molecular weight excluding hydrogens is 380 g/mol. The fourth-order valence-electron chi connectivity index (χ4n) is 5.64. The summed E-state index contributed by atoms with van der Waals surface area (Å²) in [4.78, 5) is 12.3. The van der Waals surface area contributed by atoms with Crippen molar-refractivity contribution >= 4 is 5.97 Å². The van der Waals surface area contributed by atoms with Gasteiger partial charge in [-0.3, -0.25) is 4.79 Å². The average molecular weight is 412 g/mol. The molecule has 3 fully saturated rings. The maximum Gasteiger partial charge on any atom is 0.309 e. The van der Waals surface area contributed by atoms with E-state index in [0.29, 0.717) is 6.42 Å². The third-order valence-corrected chi connectivity index (χ3v) is 7.56. The van der Waals surface area contributed by atoms with Crippen LogP contribution in [0.4, 0.5) is 0 Å². The summed E-state index contributed by atoms with van der Waals surface area (Å²) in [5.74, 6) is -0.128.